The normalized spacial score (nSPS) is 11.0. The predicted octanol–water partition coefficient (Wildman–Crippen LogP) is 2.41. The fourth-order valence-corrected chi connectivity index (χ4v) is 2.46. The highest BCUT2D eigenvalue weighted by molar-refractivity contribution is 5.89. The zero-order valence-electron chi connectivity index (χ0n) is 12.6. The molecule has 7 heteroatoms. The van der Waals surface area contributed by atoms with Crippen molar-refractivity contribution in [3.63, 3.8) is 0 Å². The van der Waals surface area contributed by atoms with Crippen molar-refractivity contribution in [2.45, 2.75) is 26.4 Å². The van der Waals surface area contributed by atoms with E-state index in [1.54, 1.807) is 18.5 Å². The molecule has 6 nitrogen and oxygen atoms in total. The summed E-state index contributed by atoms with van der Waals surface area (Å²) < 4.78 is 16.1. The van der Waals surface area contributed by atoms with Crippen molar-refractivity contribution in [1.82, 2.24) is 24.7 Å². The summed E-state index contributed by atoms with van der Waals surface area (Å²) in [5.41, 5.74) is 0.590. The summed E-state index contributed by atoms with van der Waals surface area (Å²) >= 11 is 0. The summed E-state index contributed by atoms with van der Waals surface area (Å²) in [6.45, 7) is 3.45. The van der Waals surface area contributed by atoms with Gasteiger partial charge in [-0.1, -0.05) is 13.0 Å². The third-order valence-corrected chi connectivity index (χ3v) is 3.49. The number of anilines is 1. The highest BCUT2D eigenvalue weighted by Crippen LogP contribution is 2.25. The molecule has 0 unspecified atom stereocenters. The Labute approximate surface area is 127 Å². The minimum Gasteiger partial charge on any atom is -0.351 e. The molecule has 0 amide bonds. The van der Waals surface area contributed by atoms with Crippen LogP contribution in [-0.2, 0) is 13.1 Å². The molecule has 1 aromatic carbocycles. The molecule has 2 aromatic heterocycles. The topological polar surface area (TPSA) is 59.7 Å². The van der Waals surface area contributed by atoms with Crippen LogP contribution in [0.5, 0.6) is 0 Å². The number of aryl methyl sites for hydroxylation is 1. The van der Waals surface area contributed by atoms with Crippen molar-refractivity contribution in [1.29, 1.82) is 0 Å². The van der Waals surface area contributed by atoms with E-state index in [9.17, 15) is 4.39 Å². The lowest BCUT2D eigenvalue weighted by atomic mass is 10.2. The van der Waals surface area contributed by atoms with Gasteiger partial charge in [0.25, 0.3) is 0 Å². The van der Waals surface area contributed by atoms with Crippen LogP contribution in [0.1, 0.15) is 19.2 Å². The lowest BCUT2D eigenvalue weighted by Gasteiger charge is -2.19. The molecule has 2 heterocycles. The Hall–Kier alpha value is -2.57. The molecule has 0 fully saturated rings. The first-order valence-electron chi connectivity index (χ1n) is 7.17. The smallest absolute Gasteiger partial charge is 0.152 e. The van der Waals surface area contributed by atoms with Gasteiger partial charge in [0.15, 0.2) is 5.82 Å². The Balaban J connectivity index is 1.95. The molecule has 0 N–H and O–H groups in total. The number of nitrogens with zero attached hydrogens (tertiary/aromatic N) is 6. The van der Waals surface area contributed by atoms with Crippen molar-refractivity contribution < 1.29 is 4.39 Å². The van der Waals surface area contributed by atoms with Gasteiger partial charge in [-0.2, -0.15) is 0 Å². The van der Waals surface area contributed by atoms with E-state index in [1.165, 1.54) is 12.4 Å². The van der Waals surface area contributed by atoms with Crippen LogP contribution in [0.3, 0.4) is 0 Å². The van der Waals surface area contributed by atoms with Crippen molar-refractivity contribution in [2.24, 2.45) is 0 Å². The minimum absolute atomic E-state index is 0.324. The van der Waals surface area contributed by atoms with Gasteiger partial charge in [-0.15, -0.1) is 10.2 Å². The van der Waals surface area contributed by atoms with Crippen molar-refractivity contribution in [3.8, 4) is 0 Å². The molecule has 22 heavy (non-hydrogen) atoms. The molecular formula is C15H17FN6. The Morgan fingerprint density at radius 3 is 2.95 bits per heavy atom. The van der Waals surface area contributed by atoms with Gasteiger partial charge in [0.05, 0.1) is 17.4 Å². The molecular weight excluding hydrogens is 283 g/mol. The SMILES string of the molecule is CCCn1cnnc1CN(C)c1ncnc2cccc(F)c12. The first-order chi connectivity index (χ1) is 10.7. The summed E-state index contributed by atoms with van der Waals surface area (Å²) in [5.74, 6) is 1.05. The summed E-state index contributed by atoms with van der Waals surface area (Å²) in [4.78, 5) is 10.2. The number of aromatic nitrogens is 5. The second-order valence-corrected chi connectivity index (χ2v) is 5.13. The quantitative estimate of drug-likeness (QED) is 0.724. The van der Waals surface area contributed by atoms with Gasteiger partial charge in [-0.3, -0.25) is 0 Å². The second-order valence-electron chi connectivity index (χ2n) is 5.13. The van der Waals surface area contributed by atoms with Gasteiger partial charge < -0.3 is 9.47 Å². The van der Waals surface area contributed by atoms with E-state index < -0.39 is 0 Å². The van der Waals surface area contributed by atoms with Crippen LogP contribution in [0.2, 0.25) is 0 Å². The van der Waals surface area contributed by atoms with Crippen LogP contribution >= 0.6 is 0 Å². The molecule has 3 aromatic rings. The van der Waals surface area contributed by atoms with Gasteiger partial charge in [0, 0.05) is 13.6 Å². The number of hydrogen-bond donors (Lipinski definition) is 0. The zero-order valence-corrected chi connectivity index (χ0v) is 12.6. The lowest BCUT2D eigenvalue weighted by Crippen LogP contribution is -2.21. The number of hydrogen-bond acceptors (Lipinski definition) is 5. The second kappa shape index (κ2) is 6.05. The van der Waals surface area contributed by atoms with E-state index in [1.807, 2.05) is 16.5 Å². The summed E-state index contributed by atoms with van der Waals surface area (Å²) in [7, 11) is 1.86. The number of benzene rings is 1. The number of fused-ring (bicyclic) bond motifs is 1. The Morgan fingerprint density at radius 1 is 1.27 bits per heavy atom. The lowest BCUT2D eigenvalue weighted by molar-refractivity contribution is 0.627. The highest BCUT2D eigenvalue weighted by atomic mass is 19.1. The van der Waals surface area contributed by atoms with Crippen LogP contribution in [0, 0.1) is 5.82 Å². The summed E-state index contributed by atoms with van der Waals surface area (Å²) in [5, 5.41) is 8.51. The summed E-state index contributed by atoms with van der Waals surface area (Å²) in [6.07, 6.45) is 4.16. The molecule has 0 aliphatic heterocycles. The first kappa shape index (κ1) is 14.4. The molecule has 0 aliphatic rings. The van der Waals surface area contributed by atoms with E-state index in [-0.39, 0.29) is 5.82 Å². The third kappa shape index (κ3) is 2.61. The highest BCUT2D eigenvalue weighted by Gasteiger charge is 2.15. The van der Waals surface area contributed by atoms with Gasteiger partial charge in [-0.25, -0.2) is 14.4 Å². The number of halogens is 1. The molecule has 0 saturated heterocycles. The molecule has 114 valence electrons. The monoisotopic (exact) mass is 300 g/mol. The van der Waals surface area contributed by atoms with Crippen molar-refractivity contribution >= 4 is 16.7 Å². The maximum absolute atomic E-state index is 14.1. The molecule has 0 bridgehead atoms. The van der Waals surface area contributed by atoms with Crippen LogP contribution in [0.4, 0.5) is 10.2 Å². The van der Waals surface area contributed by atoms with E-state index in [2.05, 4.69) is 27.1 Å². The van der Waals surface area contributed by atoms with Crippen LogP contribution < -0.4 is 4.90 Å². The van der Waals surface area contributed by atoms with Crippen LogP contribution in [-0.4, -0.2) is 31.8 Å². The fourth-order valence-electron chi connectivity index (χ4n) is 2.46. The maximum atomic E-state index is 14.1. The first-order valence-corrected chi connectivity index (χ1v) is 7.17. The largest absolute Gasteiger partial charge is 0.351 e. The Kier molecular flexibility index (Phi) is 3.95. The van der Waals surface area contributed by atoms with Gasteiger partial charge >= 0.3 is 0 Å². The molecule has 3 rings (SSSR count). The molecule has 0 aliphatic carbocycles. The van der Waals surface area contributed by atoms with E-state index in [0.29, 0.717) is 23.3 Å². The Bertz CT molecular complexity index is 779. The fraction of sp³-hybridized carbons (Fsp3) is 0.333. The van der Waals surface area contributed by atoms with Crippen LogP contribution in [0.15, 0.2) is 30.9 Å². The van der Waals surface area contributed by atoms with Crippen LogP contribution in [0.25, 0.3) is 10.9 Å². The van der Waals surface area contributed by atoms with E-state index in [0.717, 1.165) is 18.8 Å². The average molecular weight is 300 g/mol. The van der Waals surface area contributed by atoms with Gasteiger partial charge in [0.1, 0.15) is 24.3 Å². The molecule has 0 spiro atoms. The zero-order chi connectivity index (χ0) is 15.5. The van der Waals surface area contributed by atoms with E-state index in [4.69, 9.17) is 0 Å². The van der Waals surface area contributed by atoms with Crippen molar-refractivity contribution in [3.05, 3.63) is 42.5 Å². The molecule has 0 atom stereocenters. The maximum Gasteiger partial charge on any atom is 0.152 e. The average Bonchev–Trinajstić information content (AvgIpc) is 2.94. The minimum atomic E-state index is -0.324. The standard InChI is InChI=1S/C15H17FN6/c1-3-7-22-10-19-20-13(22)8-21(2)15-14-11(16)5-4-6-12(14)17-9-18-15/h4-6,9-10H,3,7-8H2,1-2H3. The van der Waals surface area contributed by atoms with Gasteiger partial charge in [-0.05, 0) is 18.6 Å². The predicted molar refractivity (Wildman–Crippen MR) is 81.9 cm³/mol. The van der Waals surface area contributed by atoms with Gasteiger partial charge in [0.2, 0.25) is 0 Å². The number of rotatable bonds is 5. The third-order valence-electron chi connectivity index (χ3n) is 3.49. The molecule has 0 radical (unpaired) electrons. The Morgan fingerprint density at radius 2 is 2.14 bits per heavy atom. The molecule has 0 saturated carbocycles. The van der Waals surface area contributed by atoms with E-state index >= 15 is 0 Å². The summed E-state index contributed by atoms with van der Waals surface area (Å²) in [6, 6.07) is 4.84. The van der Waals surface area contributed by atoms with Crippen molar-refractivity contribution in [2.75, 3.05) is 11.9 Å².